The highest BCUT2D eigenvalue weighted by Crippen LogP contribution is 2.32. The zero-order valence-electron chi connectivity index (χ0n) is 11.0. The summed E-state index contributed by atoms with van der Waals surface area (Å²) in [6.45, 7) is 6.84. The number of anilines is 1. The lowest BCUT2D eigenvalue weighted by Gasteiger charge is -2.15. The molecule has 0 fully saturated rings. The van der Waals surface area contributed by atoms with Gasteiger partial charge in [-0.25, -0.2) is 0 Å². The van der Waals surface area contributed by atoms with Crippen LogP contribution in [0.1, 0.15) is 40.0 Å². The maximum absolute atomic E-state index is 6.00. The summed E-state index contributed by atoms with van der Waals surface area (Å²) in [5.74, 6) is 1.42. The fourth-order valence-corrected chi connectivity index (χ4v) is 1.54. The molecule has 0 heterocycles. The Balaban J connectivity index is 2.59. The van der Waals surface area contributed by atoms with Gasteiger partial charge in [-0.2, -0.15) is 0 Å². The molecule has 0 atom stereocenters. The third-order valence-corrected chi connectivity index (χ3v) is 2.39. The Morgan fingerprint density at radius 2 is 1.88 bits per heavy atom. The zero-order valence-corrected chi connectivity index (χ0v) is 11.0. The average molecular weight is 237 g/mol. The Bertz CT molecular complexity index is 337. The number of rotatable bonds is 7. The Morgan fingerprint density at radius 3 is 2.53 bits per heavy atom. The van der Waals surface area contributed by atoms with Crippen LogP contribution in [-0.2, 0) is 0 Å². The molecule has 1 aromatic rings. The van der Waals surface area contributed by atoms with Gasteiger partial charge in [-0.3, -0.25) is 0 Å². The van der Waals surface area contributed by atoms with Gasteiger partial charge in [-0.05, 0) is 32.4 Å². The molecular weight excluding hydrogens is 214 g/mol. The third kappa shape index (κ3) is 4.55. The van der Waals surface area contributed by atoms with Crippen molar-refractivity contribution in [2.75, 3.05) is 12.3 Å². The van der Waals surface area contributed by atoms with Crippen LogP contribution >= 0.6 is 0 Å². The minimum atomic E-state index is 0.118. The lowest BCUT2D eigenvalue weighted by Crippen LogP contribution is -2.08. The minimum absolute atomic E-state index is 0.118. The van der Waals surface area contributed by atoms with Crippen LogP contribution in [0.3, 0.4) is 0 Å². The zero-order chi connectivity index (χ0) is 12.7. The van der Waals surface area contributed by atoms with Crippen LogP contribution in [0.15, 0.2) is 18.2 Å². The van der Waals surface area contributed by atoms with Gasteiger partial charge in [0.15, 0.2) is 0 Å². The van der Waals surface area contributed by atoms with Gasteiger partial charge >= 0.3 is 0 Å². The highest BCUT2D eigenvalue weighted by atomic mass is 16.5. The summed E-state index contributed by atoms with van der Waals surface area (Å²) in [7, 11) is 0. The molecule has 3 heteroatoms. The van der Waals surface area contributed by atoms with Crippen molar-refractivity contribution in [3.05, 3.63) is 18.2 Å². The van der Waals surface area contributed by atoms with Crippen molar-refractivity contribution >= 4 is 5.69 Å². The normalized spacial score (nSPS) is 10.6. The molecule has 0 aliphatic heterocycles. The van der Waals surface area contributed by atoms with Crippen LogP contribution in [0.4, 0.5) is 5.69 Å². The smallest absolute Gasteiger partial charge is 0.146 e. The van der Waals surface area contributed by atoms with E-state index < -0.39 is 0 Å². The first-order valence-corrected chi connectivity index (χ1v) is 6.33. The Labute approximate surface area is 104 Å². The van der Waals surface area contributed by atoms with E-state index in [1.165, 1.54) is 12.8 Å². The molecular formula is C14H23NO2. The molecule has 0 radical (unpaired) electrons. The topological polar surface area (TPSA) is 44.5 Å². The van der Waals surface area contributed by atoms with Crippen LogP contribution in [0.2, 0.25) is 0 Å². The summed E-state index contributed by atoms with van der Waals surface area (Å²) in [6, 6.07) is 5.66. The molecule has 0 aromatic heterocycles. The molecule has 17 heavy (non-hydrogen) atoms. The molecule has 1 rings (SSSR count). The van der Waals surface area contributed by atoms with Gasteiger partial charge in [0, 0.05) is 0 Å². The van der Waals surface area contributed by atoms with Crippen molar-refractivity contribution in [3.63, 3.8) is 0 Å². The van der Waals surface area contributed by atoms with Crippen molar-refractivity contribution in [1.29, 1.82) is 0 Å². The monoisotopic (exact) mass is 237 g/mol. The molecule has 0 saturated heterocycles. The summed E-state index contributed by atoms with van der Waals surface area (Å²) in [5, 5.41) is 0. The van der Waals surface area contributed by atoms with Gasteiger partial charge in [0.2, 0.25) is 0 Å². The standard InChI is InChI=1S/C14H23NO2/c1-4-5-6-10-16-12-8-7-9-13(14(12)15)17-11(2)3/h7-9,11H,4-6,10,15H2,1-3H3. The first-order valence-electron chi connectivity index (χ1n) is 6.33. The Kier molecular flexibility index (Phi) is 5.67. The van der Waals surface area contributed by atoms with Crippen molar-refractivity contribution in [2.24, 2.45) is 0 Å². The molecule has 96 valence electrons. The molecule has 1 aromatic carbocycles. The molecule has 0 unspecified atom stereocenters. The van der Waals surface area contributed by atoms with Gasteiger partial charge in [-0.15, -0.1) is 0 Å². The number of benzene rings is 1. The van der Waals surface area contributed by atoms with Crippen LogP contribution in [0.25, 0.3) is 0 Å². The molecule has 0 amide bonds. The lowest BCUT2D eigenvalue weighted by atomic mass is 10.2. The number of hydrogen-bond acceptors (Lipinski definition) is 3. The molecule has 3 nitrogen and oxygen atoms in total. The van der Waals surface area contributed by atoms with E-state index in [9.17, 15) is 0 Å². The third-order valence-electron chi connectivity index (χ3n) is 2.39. The lowest BCUT2D eigenvalue weighted by molar-refractivity contribution is 0.241. The minimum Gasteiger partial charge on any atom is -0.491 e. The molecule has 0 aliphatic carbocycles. The van der Waals surface area contributed by atoms with Crippen LogP contribution in [0.5, 0.6) is 11.5 Å². The van der Waals surface area contributed by atoms with E-state index in [0.29, 0.717) is 18.0 Å². The van der Waals surface area contributed by atoms with E-state index in [1.54, 1.807) is 0 Å². The molecule has 0 aliphatic rings. The van der Waals surface area contributed by atoms with Gasteiger partial charge in [-0.1, -0.05) is 25.8 Å². The van der Waals surface area contributed by atoms with Crippen LogP contribution < -0.4 is 15.2 Å². The van der Waals surface area contributed by atoms with Gasteiger partial charge in [0.05, 0.1) is 12.7 Å². The second kappa shape index (κ2) is 7.05. The molecule has 0 bridgehead atoms. The van der Waals surface area contributed by atoms with Crippen molar-refractivity contribution in [2.45, 2.75) is 46.1 Å². The quantitative estimate of drug-likeness (QED) is 0.582. The Morgan fingerprint density at radius 1 is 1.18 bits per heavy atom. The second-order valence-corrected chi connectivity index (χ2v) is 4.39. The predicted octanol–water partition coefficient (Wildman–Crippen LogP) is 3.63. The maximum atomic E-state index is 6.00. The van der Waals surface area contributed by atoms with E-state index in [2.05, 4.69) is 6.92 Å². The molecule has 2 N–H and O–H groups in total. The SMILES string of the molecule is CCCCCOc1cccc(OC(C)C)c1N. The van der Waals surface area contributed by atoms with E-state index in [1.807, 2.05) is 32.0 Å². The number of para-hydroxylation sites is 1. The molecule has 0 spiro atoms. The summed E-state index contributed by atoms with van der Waals surface area (Å²) in [4.78, 5) is 0. The van der Waals surface area contributed by atoms with Gasteiger partial charge in [0.1, 0.15) is 17.2 Å². The predicted molar refractivity (Wildman–Crippen MR) is 71.6 cm³/mol. The van der Waals surface area contributed by atoms with Gasteiger partial charge in [0.25, 0.3) is 0 Å². The van der Waals surface area contributed by atoms with E-state index in [-0.39, 0.29) is 6.10 Å². The summed E-state index contributed by atoms with van der Waals surface area (Å²) < 4.78 is 11.3. The van der Waals surface area contributed by atoms with Crippen molar-refractivity contribution in [1.82, 2.24) is 0 Å². The number of nitrogen functional groups attached to an aromatic ring is 1. The van der Waals surface area contributed by atoms with Crippen molar-refractivity contribution in [3.8, 4) is 11.5 Å². The van der Waals surface area contributed by atoms with Crippen LogP contribution in [0, 0.1) is 0 Å². The summed E-state index contributed by atoms with van der Waals surface area (Å²) >= 11 is 0. The molecule has 0 saturated carbocycles. The highest BCUT2D eigenvalue weighted by molar-refractivity contribution is 5.62. The maximum Gasteiger partial charge on any atom is 0.146 e. The first-order chi connectivity index (χ1) is 8.15. The average Bonchev–Trinajstić information content (AvgIpc) is 2.28. The summed E-state index contributed by atoms with van der Waals surface area (Å²) in [6.07, 6.45) is 3.55. The second-order valence-electron chi connectivity index (χ2n) is 4.39. The number of unbranched alkanes of at least 4 members (excludes halogenated alkanes) is 2. The highest BCUT2D eigenvalue weighted by Gasteiger charge is 2.08. The largest absolute Gasteiger partial charge is 0.491 e. The fraction of sp³-hybridized carbons (Fsp3) is 0.571. The van der Waals surface area contributed by atoms with E-state index >= 15 is 0 Å². The van der Waals surface area contributed by atoms with Crippen LogP contribution in [-0.4, -0.2) is 12.7 Å². The van der Waals surface area contributed by atoms with Gasteiger partial charge < -0.3 is 15.2 Å². The van der Waals surface area contributed by atoms with Crippen molar-refractivity contribution < 1.29 is 9.47 Å². The number of ether oxygens (including phenoxy) is 2. The Hall–Kier alpha value is -1.38. The van der Waals surface area contributed by atoms with E-state index in [0.717, 1.165) is 12.2 Å². The number of hydrogen-bond donors (Lipinski definition) is 1. The first kappa shape index (κ1) is 13.7. The number of nitrogens with two attached hydrogens (primary N) is 1. The van der Waals surface area contributed by atoms with E-state index in [4.69, 9.17) is 15.2 Å². The summed E-state index contributed by atoms with van der Waals surface area (Å²) in [5.41, 5.74) is 6.59. The fourth-order valence-electron chi connectivity index (χ4n) is 1.54.